The molecule has 0 heterocycles. The van der Waals surface area contributed by atoms with Crippen molar-refractivity contribution in [3.63, 3.8) is 0 Å². The Morgan fingerprint density at radius 3 is 2.46 bits per heavy atom. The predicted octanol–water partition coefficient (Wildman–Crippen LogP) is 1.09. The van der Waals surface area contributed by atoms with E-state index in [-0.39, 0.29) is 6.61 Å². The first-order valence-corrected chi connectivity index (χ1v) is 5.65. The molecule has 0 aromatic rings. The van der Waals surface area contributed by atoms with E-state index in [1.54, 1.807) is 0 Å². The van der Waals surface area contributed by atoms with Gasteiger partial charge in [0.15, 0.2) is 0 Å². The number of unbranched alkanes of at least 4 members (excludes halogenated alkanes) is 1. The summed E-state index contributed by atoms with van der Waals surface area (Å²) in [5.41, 5.74) is 0. The third-order valence-electron chi connectivity index (χ3n) is 1.48. The first-order chi connectivity index (χ1) is 5.98. The number of hydrogen-bond donors (Lipinski definition) is 1. The SMILES string of the molecule is COP(=O)(O)OCCCCN(C)C. The average Bonchev–Trinajstić information content (AvgIpc) is 2.03. The van der Waals surface area contributed by atoms with Crippen molar-refractivity contribution in [1.29, 1.82) is 0 Å². The second-order valence-electron chi connectivity index (χ2n) is 2.99. The third-order valence-corrected chi connectivity index (χ3v) is 2.46. The molecule has 0 saturated heterocycles. The number of phosphoric acid groups is 1. The summed E-state index contributed by atoms with van der Waals surface area (Å²) in [6.07, 6.45) is 1.70. The van der Waals surface area contributed by atoms with Crippen LogP contribution in [0.25, 0.3) is 0 Å². The minimum absolute atomic E-state index is 0.259. The van der Waals surface area contributed by atoms with E-state index >= 15 is 0 Å². The van der Waals surface area contributed by atoms with Gasteiger partial charge in [0.05, 0.1) is 6.61 Å². The summed E-state index contributed by atoms with van der Waals surface area (Å²) >= 11 is 0. The Labute approximate surface area is 79.3 Å². The lowest BCUT2D eigenvalue weighted by Gasteiger charge is -2.10. The van der Waals surface area contributed by atoms with Crippen LogP contribution < -0.4 is 0 Å². The highest BCUT2D eigenvalue weighted by atomic mass is 31.2. The van der Waals surface area contributed by atoms with Crippen LogP contribution in [0, 0.1) is 0 Å². The average molecular weight is 211 g/mol. The zero-order valence-electron chi connectivity index (χ0n) is 8.39. The summed E-state index contributed by atoms with van der Waals surface area (Å²) in [7, 11) is 1.36. The Morgan fingerprint density at radius 1 is 1.38 bits per heavy atom. The summed E-state index contributed by atoms with van der Waals surface area (Å²) < 4.78 is 19.7. The van der Waals surface area contributed by atoms with E-state index in [0.29, 0.717) is 0 Å². The van der Waals surface area contributed by atoms with Crippen LogP contribution in [0.15, 0.2) is 0 Å². The van der Waals surface area contributed by atoms with E-state index < -0.39 is 7.82 Å². The Bertz CT molecular complexity index is 174. The highest BCUT2D eigenvalue weighted by Crippen LogP contribution is 2.41. The topological polar surface area (TPSA) is 59.0 Å². The second kappa shape index (κ2) is 6.51. The standard InChI is InChI=1S/C7H18NO4P/c1-8(2)6-4-5-7-12-13(9,10)11-3/h4-7H2,1-3H3,(H,9,10). The molecule has 13 heavy (non-hydrogen) atoms. The number of nitrogens with zero attached hydrogens (tertiary/aromatic N) is 1. The van der Waals surface area contributed by atoms with E-state index in [9.17, 15) is 4.57 Å². The minimum atomic E-state index is -3.75. The molecule has 1 N–H and O–H groups in total. The van der Waals surface area contributed by atoms with E-state index in [2.05, 4.69) is 13.9 Å². The normalized spacial score (nSPS) is 16.1. The van der Waals surface area contributed by atoms with Gasteiger partial charge in [0, 0.05) is 7.11 Å². The molecule has 0 aliphatic heterocycles. The lowest BCUT2D eigenvalue weighted by molar-refractivity contribution is 0.169. The molecule has 0 amide bonds. The van der Waals surface area contributed by atoms with Gasteiger partial charge in [-0.3, -0.25) is 9.05 Å². The molecule has 5 nitrogen and oxygen atoms in total. The van der Waals surface area contributed by atoms with Gasteiger partial charge in [0.2, 0.25) is 0 Å². The quantitative estimate of drug-likeness (QED) is 0.504. The summed E-state index contributed by atoms with van der Waals surface area (Å²) in [4.78, 5) is 10.9. The van der Waals surface area contributed by atoms with Gasteiger partial charge in [0.25, 0.3) is 0 Å². The van der Waals surface area contributed by atoms with Gasteiger partial charge >= 0.3 is 7.82 Å². The van der Waals surface area contributed by atoms with Crippen LogP contribution in [0.3, 0.4) is 0 Å². The van der Waals surface area contributed by atoms with Crippen molar-refractivity contribution in [2.75, 3.05) is 34.4 Å². The van der Waals surface area contributed by atoms with Crippen molar-refractivity contribution < 1.29 is 18.5 Å². The Kier molecular flexibility index (Phi) is 6.55. The number of hydrogen-bond acceptors (Lipinski definition) is 4. The maximum Gasteiger partial charge on any atom is 0.471 e. The molecule has 0 aromatic heterocycles. The fourth-order valence-corrected chi connectivity index (χ4v) is 1.23. The zero-order chi connectivity index (χ0) is 10.3. The molecule has 0 saturated carbocycles. The van der Waals surface area contributed by atoms with Crippen LogP contribution in [0.2, 0.25) is 0 Å². The molecule has 0 fully saturated rings. The minimum Gasteiger partial charge on any atom is -0.309 e. The molecule has 0 aliphatic rings. The van der Waals surface area contributed by atoms with Gasteiger partial charge in [-0.2, -0.15) is 0 Å². The van der Waals surface area contributed by atoms with E-state index in [4.69, 9.17) is 4.89 Å². The van der Waals surface area contributed by atoms with Gasteiger partial charge in [-0.15, -0.1) is 0 Å². The summed E-state index contributed by atoms with van der Waals surface area (Å²) in [6, 6.07) is 0. The van der Waals surface area contributed by atoms with Crippen molar-refractivity contribution in [1.82, 2.24) is 4.90 Å². The Balaban J connectivity index is 3.31. The summed E-state index contributed by atoms with van der Waals surface area (Å²) in [5.74, 6) is 0. The number of phosphoric ester groups is 1. The van der Waals surface area contributed by atoms with Crippen LogP contribution in [-0.4, -0.2) is 44.2 Å². The molecule has 0 spiro atoms. The molecule has 0 radical (unpaired) electrons. The molecule has 0 aliphatic carbocycles. The van der Waals surface area contributed by atoms with E-state index in [1.165, 1.54) is 0 Å². The fourth-order valence-electron chi connectivity index (χ4n) is 0.763. The Hall–Kier alpha value is 0.0700. The monoisotopic (exact) mass is 211 g/mol. The molecular formula is C7H18NO4P. The highest BCUT2D eigenvalue weighted by Gasteiger charge is 2.17. The van der Waals surface area contributed by atoms with Crippen LogP contribution in [0.5, 0.6) is 0 Å². The van der Waals surface area contributed by atoms with Crippen LogP contribution in [0.1, 0.15) is 12.8 Å². The Morgan fingerprint density at radius 2 is 2.00 bits per heavy atom. The van der Waals surface area contributed by atoms with Crippen molar-refractivity contribution in [2.45, 2.75) is 12.8 Å². The molecule has 0 bridgehead atoms. The molecule has 80 valence electrons. The molecule has 0 aromatic carbocycles. The van der Waals surface area contributed by atoms with E-state index in [1.807, 2.05) is 14.1 Å². The first-order valence-electron chi connectivity index (χ1n) is 4.16. The van der Waals surface area contributed by atoms with Crippen LogP contribution in [-0.2, 0) is 13.6 Å². The van der Waals surface area contributed by atoms with Gasteiger partial charge in [-0.1, -0.05) is 0 Å². The van der Waals surface area contributed by atoms with Gasteiger partial charge < -0.3 is 9.79 Å². The zero-order valence-corrected chi connectivity index (χ0v) is 9.29. The first kappa shape index (κ1) is 13.1. The lowest BCUT2D eigenvalue weighted by Crippen LogP contribution is -2.13. The van der Waals surface area contributed by atoms with E-state index in [0.717, 1.165) is 26.5 Å². The molecule has 1 unspecified atom stereocenters. The highest BCUT2D eigenvalue weighted by molar-refractivity contribution is 7.47. The molecule has 0 rings (SSSR count). The van der Waals surface area contributed by atoms with Crippen LogP contribution in [0.4, 0.5) is 0 Å². The molecule has 6 heteroatoms. The van der Waals surface area contributed by atoms with Crippen LogP contribution >= 0.6 is 7.82 Å². The number of rotatable bonds is 7. The maximum absolute atomic E-state index is 10.8. The van der Waals surface area contributed by atoms with Crippen molar-refractivity contribution in [2.24, 2.45) is 0 Å². The van der Waals surface area contributed by atoms with Gasteiger partial charge in [-0.25, -0.2) is 4.57 Å². The summed E-state index contributed by atoms with van der Waals surface area (Å²) in [6.45, 7) is 1.21. The van der Waals surface area contributed by atoms with Crippen molar-refractivity contribution in [3.8, 4) is 0 Å². The largest absolute Gasteiger partial charge is 0.471 e. The fraction of sp³-hybridized carbons (Fsp3) is 1.00. The van der Waals surface area contributed by atoms with Crippen molar-refractivity contribution in [3.05, 3.63) is 0 Å². The summed E-state index contributed by atoms with van der Waals surface area (Å²) in [5, 5.41) is 0. The second-order valence-corrected chi connectivity index (χ2v) is 4.56. The van der Waals surface area contributed by atoms with Gasteiger partial charge in [-0.05, 0) is 33.5 Å². The van der Waals surface area contributed by atoms with Crippen molar-refractivity contribution >= 4 is 7.82 Å². The molecular weight excluding hydrogens is 193 g/mol. The van der Waals surface area contributed by atoms with Gasteiger partial charge in [0.1, 0.15) is 0 Å². The molecule has 1 atom stereocenters. The maximum atomic E-state index is 10.8. The predicted molar refractivity (Wildman–Crippen MR) is 50.6 cm³/mol. The lowest BCUT2D eigenvalue weighted by atomic mass is 10.3. The third kappa shape index (κ3) is 8.40. The smallest absolute Gasteiger partial charge is 0.309 e.